The summed E-state index contributed by atoms with van der Waals surface area (Å²) in [4.78, 5) is 0. The Kier molecular flexibility index (Phi) is 3.32. The molecule has 0 bridgehead atoms. The average molecular weight is 236 g/mol. The molecule has 1 aromatic heterocycles. The van der Waals surface area contributed by atoms with Gasteiger partial charge in [0.2, 0.25) is 0 Å². The molecular weight excluding hydrogens is 222 g/mol. The van der Waals surface area contributed by atoms with Gasteiger partial charge in [-0.15, -0.1) is 0 Å². The van der Waals surface area contributed by atoms with Crippen molar-refractivity contribution in [1.82, 2.24) is 0 Å². The lowest BCUT2D eigenvalue weighted by molar-refractivity contribution is 0.470. The van der Waals surface area contributed by atoms with E-state index in [0.717, 1.165) is 23.5 Å². The molecule has 2 rings (SSSR count). The van der Waals surface area contributed by atoms with Gasteiger partial charge in [-0.25, -0.2) is 0 Å². The molecule has 1 unspecified atom stereocenters. The molecule has 1 heterocycles. The fourth-order valence-electron chi connectivity index (χ4n) is 1.56. The van der Waals surface area contributed by atoms with Gasteiger partial charge in [0.1, 0.15) is 11.5 Å². The number of benzene rings is 1. The predicted octanol–water partition coefficient (Wildman–Crippen LogP) is 4.01. The SMILES string of the molecule is CCC(N)c1ccc(-c2ccccc2Cl)o1. The van der Waals surface area contributed by atoms with Crippen molar-refractivity contribution in [2.75, 3.05) is 0 Å². The largest absolute Gasteiger partial charge is 0.459 e. The number of halogens is 1. The van der Waals surface area contributed by atoms with Gasteiger partial charge < -0.3 is 10.2 Å². The van der Waals surface area contributed by atoms with Crippen LogP contribution < -0.4 is 5.73 Å². The van der Waals surface area contributed by atoms with E-state index in [9.17, 15) is 0 Å². The molecule has 0 saturated carbocycles. The molecule has 2 aromatic rings. The normalized spacial score (nSPS) is 12.7. The standard InChI is InChI=1S/C13H14ClNO/c1-2-11(15)13-8-7-12(16-13)9-5-3-4-6-10(9)14/h3-8,11H,2,15H2,1H3. The average Bonchev–Trinajstić information content (AvgIpc) is 2.78. The van der Waals surface area contributed by atoms with Gasteiger partial charge in [0, 0.05) is 5.56 Å². The molecule has 0 aliphatic carbocycles. The summed E-state index contributed by atoms with van der Waals surface area (Å²) in [5.74, 6) is 1.57. The fraction of sp³-hybridized carbons (Fsp3) is 0.231. The number of rotatable bonds is 3. The number of nitrogens with two attached hydrogens (primary N) is 1. The van der Waals surface area contributed by atoms with Crippen LogP contribution >= 0.6 is 11.6 Å². The van der Waals surface area contributed by atoms with Gasteiger partial charge in [-0.1, -0.05) is 30.7 Å². The maximum absolute atomic E-state index is 6.09. The van der Waals surface area contributed by atoms with Crippen molar-refractivity contribution >= 4 is 11.6 Å². The van der Waals surface area contributed by atoms with Gasteiger partial charge in [0.15, 0.2) is 0 Å². The van der Waals surface area contributed by atoms with Gasteiger partial charge in [0.25, 0.3) is 0 Å². The third kappa shape index (κ3) is 2.13. The molecule has 84 valence electrons. The van der Waals surface area contributed by atoms with Gasteiger partial charge in [-0.3, -0.25) is 0 Å². The first-order valence-electron chi connectivity index (χ1n) is 5.32. The van der Waals surface area contributed by atoms with Crippen LogP contribution in [0, 0.1) is 0 Å². The van der Waals surface area contributed by atoms with Crippen molar-refractivity contribution in [2.24, 2.45) is 5.73 Å². The van der Waals surface area contributed by atoms with Gasteiger partial charge in [0.05, 0.1) is 11.1 Å². The minimum Gasteiger partial charge on any atom is -0.459 e. The van der Waals surface area contributed by atoms with Crippen molar-refractivity contribution < 1.29 is 4.42 Å². The smallest absolute Gasteiger partial charge is 0.135 e. The van der Waals surface area contributed by atoms with E-state index >= 15 is 0 Å². The zero-order valence-electron chi connectivity index (χ0n) is 9.11. The summed E-state index contributed by atoms with van der Waals surface area (Å²) < 4.78 is 5.69. The quantitative estimate of drug-likeness (QED) is 0.873. The summed E-state index contributed by atoms with van der Waals surface area (Å²) in [5, 5.41) is 0.688. The van der Waals surface area contributed by atoms with E-state index in [1.54, 1.807) is 0 Å². The van der Waals surface area contributed by atoms with Crippen molar-refractivity contribution in [3.8, 4) is 11.3 Å². The number of hydrogen-bond donors (Lipinski definition) is 1. The molecule has 1 atom stereocenters. The van der Waals surface area contributed by atoms with E-state index in [1.807, 2.05) is 43.3 Å². The van der Waals surface area contributed by atoms with Crippen LogP contribution in [-0.2, 0) is 0 Å². The van der Waals surface area contributed by atoms with Crippen LogP contribution in [0.3, 0.4) is 0 Å². The topological polar surface area (TPSA) is 39.2 Å². The van der Waals surface area contributed by atoms with Crippen molar-refractivity contribution in [1.29, 1.82) is 0 Å². The Morgan fingerprint density at radius 2 is 2.00 bits per heavy atom. The van der Waals surface area contributed by atoms with Crippen LogP contribution in [0.25, 0.3) is 11.3 Å². The molecule has 0 amide bonds. The molecule has 0 spiro atoms. The monoisotopic (exact) mass is 235 g/mol. The third-order valence-electron chi connectivity index (χ3n) is 2.57. The second kappa shape index (κ2) is 4.73. The van der Waals surface area contributed by atoms with E-state index in [4.69, 9.17) is 21.8 Å². The number of furan rings is 1. The zero-order valence-corrected chi connectivity index (χ0v) is 9.87. The Morgan fingerprint density at radius 1 is 1.25 bits per heavy atom. The summed E-state index contributed by atoms with van der Waals surface area (Å²) in [6.07, 6.45) is 0.857. The van der Waals surface area contributed by atoms with Crippen LogP contribution in [0.15, 0.2) is 40.8 Å². The van der Waals surface area contributed by atoms with Crippen LogP contribution in [0.4, 0.5) is 0 Å². The summed E-state index contributed by atoms with van der Waals surface area (Å²) in [5.41, 5.74) is 6.80. The van der Waals surface area contributed by atoms with E-state index in [1.165, 1.54) is 0 Å². The van der Waals surface area contributed by atoms with Crippen LogP contribution in [-0.4, -0.2) is 0 Å². The van der Waals surface area contributed by atoms with Gasteiger partial charge in [-0.2, -0.15) is 0 Å². The zero-order chi connectivity index (χ0) is 11.5. The molecule has 0 aliphatic heterocycles. The van der Waals surface area contributed by atoms with Crippen molar-refractivity contribution in [3.05, 3.63) is 47.2 Å². The molecule has 2 nitrogen and oxygen atoms in total. The highest BCUT2D eigenvalue weighted by molar-refractivity contribution is 6.33. The van der Waals surface area contributed by atoms with Gasteiger partial charge >= 0.3 is 0 Å². The molecular formula is C13H14ClNO. The first-order valence-corrected chi connectivity index (χ1v) is 5.70. The summed E-state index contributed by atoms with van der Waals surface area (Å²) in [7, 11) is 0. The second-order valence-corrected chi connectivity index (χ2v) is 4.10. The van der Waals surface area contributed by atoms with E-state index in [0.29, 0.717) is 5.02 Å². The minimum absolute atomic E-state index is 0.0452. The van der Waals surface area contributed by atoms with Gasteiger partial charge in [-0.05, 0) is 30.7 Å². The first-order chi connectivity index (χ1) is 7.72. The van der Waals surface area contributed by atoms with Crippen LogP contribution in [0.5, 0.6) is 0 Å². The van der Waals surface area contributed by atoms with Crippen molar-refractivity contribution in [2.45, 2.75) is 19.4 Å². The second-order valence-electron chi connectivity index (χ2n) is 3.70. The Hall–Kier alpha value is -1.25. The third-order valence-corrected chi connectivity index (χ3v) is 2.90. The molecule has 0 aliphatic rings. The highest BCUT2D eigenvalue weighted by atomic mass is 35.5. The van der Waals surface area contributed by atoms with Crippen molar-refractivity contribution in [3.63, 3.8) is 0 Å². The fourth-order valence-corrected chi connectivity index (χ4v) is 1.79. The van der Waals surface area contributed by atoms with E-state index in [-0.39, 0.29) is 6.04 Å². The molecule has 0 fully saturated rings. The summed E-state index contributed by atoms with van der Waals surface area (Å²) >= 11 is 6.09. The van der Waals surface area contributed by atoms with E-state index < -0.39 is 0 Å². The van der Waals surface area contributed by atoms with Crippen LogP contribution in [0.1, 0.15) is 25.1 Å². The Bertz CT molecular complexity index is 478. The molecule has 0 radical (unpaired) electrons. The molecule has 1 aromatic carbocycles. The molecule has 16 heavy (non-hydrogen) atoms. The first kappa shape index (κ1) is 11.2. The Labute approximate surface area is 100 Å². The highest BCUT2D eigenvalue weighted by Gasteiger charge is 2.11. The molecule has 0 saturated heterocycles. The lowest BCUT2D eigenvalue weighted by Gasteiger charge is -2.04. The predicted molar refractivity (Wildman–Crippen MR) is 66.4 cm³/mol. The molecule has 3 heteroatoms. The maximum Gasteiger partial charge on any atom is 0.135 e. The summed E-state index contributed by atoms with van der Waals surface area (Å²) in [6, 6.07) is 11.4. The Balaban J connectivity index is 2.35. The maximum atomic E-state index is 6.09. The summed E-state index contributed by atoms with van der Waals surface area (Å²) in [6.45, 7) is 2.03. The van der Waals surface area contributed by atoms with E-state index in [2.05, 4.69) is 0 Å². The Morgan fingerprint density at radius 3 is 2.69 bits per heavy atom. The lowest BCUT2D eigenvalue weighted by atomic mass is 10.2. The lowest BCUT2D eigenvalue weighted by Crippen LogP contribution is -2.06. The van der Waals surface area contributed by atoms with Crippen LogP contribution in [0.2, 0.25) is 5.02 Å². The molecule has 2 N–H and O–H groups in total. The highest BCUT2D eigenvalue weighted by Crippen LogP contribution is 2.30. The minimum atomic E-state index is -0.0452. The number of hydrogen-bond acceptors (Lipinski definition) is 2.